The molecule has 0 aliphatic carbocycles. The van der Waals surface area contributed by atoms with E-state index in [4.69, 9.17) is 0 Å². The minimum Gasteiger partial charge on any atom is -0.292 e. The van der Waals surface area contributed by atoms with Gasteiger partial charge in [-0.25, -0.2) is 8.42 Å². The van der Waals surface area contributed by atoms with Gasteiger partial charge in [0.05, 0.1) is 9.77 Å². The molecule has 18 heavy (non-hydrogen) atoms. The Morgan fingerprint density at radius 3 is 2.33 bits per heavy atom. The minimum atomic E-state index is -3.54. The number of hydrogen-bond acceptors (Lipinski definition) is 4. The number of thiophene rings is 1. The van der Waals surface area contributed by atoms with Crippen LogP contribution in [0, 0.1) is 6.92 Å². The summed E-state index contributed by atoms with van der Waals surface area (Å²) in [5, 5.41) is 0. The molecule has 2 aromatic rings. The molecular weight excluding hydrogens is 268 g/mol. The van der Waals surface area contributed by atoms with Crippen molar-refractivity contribution in [3.8, 4) is 0 Å². The molecule has 94 valence electrons. The second-order valence-electron chi connectivity index (χ2n) is 3.91. The molecule has 1 aromatic carbocycles. The number of carbonyl (C=O) groups is 1. The van der Waals surface area contributed by atoms with Gasteiger partial charge in [-0.1, -0.05) is 18.2 Å². The molecule has 0 bridgehead atoms. The van der Waals surface area contributed by atoms with Crippen LogP contribution in [0.5, 0.6) is 0 Å². The highest BCUT2D eigenvalue weighted by Crippen LogP contribution is 2.18. The van der Waals surface area contributed by atoms with E-state index in [1.165, 1.54) is 23.5 Å². The first-order chi connectivity index (χ1) is 8.49. The summed E-state index contributed by atoms with van der Waals surface area (Å²) in [7, 11) is -3.54. The Morgan fingerprint density at radius 2 is 1.78 bits per heavy atom. The number of sulfone groups is 1. The molecule has 0 spiro atoms. The van der Waals surface area contributed by atoms with E-state index in [9.17, 15) is 13.2 Å². The minimum absolute atomic E-state index is 0.187. The fourth-order valence-electron chi connectivity index (χ4n) is 1.54. The molecule has 1 aromatic heterocycles. The molecule has 1 heterocycles. The van der Waals surface area contributed by atoms with Gasteiger partial charge in [-0.15, -0.1) is 11.3 Å². The Morgan fingerprint density at radius 1 is 1.11 bits per heavy atom. The van der Waals surface area contributed by atoms with Gasteiger partial charge in [-0.2, -0.15) is 0 Å². The van der Waals surface area contributed by atoms with Crippen molar-refractivity contribution in [2.75, 3.05) is 5.75 Å². The van der Waals surface area contributed by atoms with E-state index in [2.05, 4.69) is 0 Å². The van der Waals surface area contributed by atoms with Crippen molar-refractivity contribution >= 4 is 27.0 Å². The summed E-state index contributed by atoms with van der Waals surface area (Å²) >= 11 is 1.32. The van der Waals surface area contributed by atoms with Crippen LogP contribution in [0.15, 0.2) is 47.4 Å². The molecule has 0 N–H and O–H groups in total. The summed E-state index contributed by atoms with van der Waals surface area (Å²) in [6.07, 6.45) is 0. The number of hydrogen-bond donors (Lipinski definition) is 0. The molecule has 0 unspecified atom stereocenters. The lowest BCUT2D eigenvalue weighted by molar-refractivity contribution is 0.102. The van der Waals surface area contributed by atoms with E-state index in [1.807, 2.05) is 13.0 Å². The normalized spacial score (nSPS) is 11.4. The Kier molecular flexibility index (Phi) is 3.63. The van der Waals surface area contributed by atoms with Gasteiger partial charge in [-0.3, -0.25) is 4.79 Å². The van der Waals surface area contributed by atoms with Gasteiger partial charge in [-0.05, 0) is 31.2 Å². The molecule has 0 radical (unpaired) electrons. The Balaban J connectivity index is 2.22. The number of aryl methyl sites for hydroxylation is 1. The Bertz CT molecular complexity index is 655. The smallest absolute Gasteiger partial charge is 0.188 e. The van der Waals surface area contributed by atoms with Crippen LogP contribution in [0.25, 0.3) is 0 Å². The highest BCUT2D eigenvalue weighted by atomic mass is 32.2. The van der Waals surface area contributed by atoms with Crippen LogP contribution in [0.2, 0.25) is 0 Å². The lowest BCUT2D eigenvalue weighted by atomic mass is 10.3. The van der Waals surface area contributed by atoms with Crippen LogP contribution in [0.1, 0.15) is 14.5 Å². The fourth-order valence-corrected chi connectivity index (χ4v) is 3.67. The summed E-state index contributed by atoms with van der Waals surface area (Å²) in [5.74, 6) is -0.825. The van der Waals surface area contributed by atoms with E-state index in [1.54, 1.807) is 24.3 Å². The molecule has 0 amide bonds. The zero-order valence-corrected chi connectivity index (χ0v) is 11.4. The third kappa shape index (κ3) is 2.86. The van der Waals surface area contributed by atoms with Crippen LogP contribution in [-0.4, -0.2) is 20.0 Å². The summed E-state index contributed by atoms with van der Waals surface area (Å²) < 4.78 is 24.0. The van der Waals surface area contributed by atoms with E-state index in [0.717, 1.165) is 4.88 Å². The van der Waals surface area contributed by atoms with Gasteiger partial charge in [0.1, 0.15) is 5.75 Å². The van der Waals surface area contributed by atoms with Crippen LogP contribution >= 0.6 is 11.3 Å². The third-order valence-corrected chi connectivity index (χ3v) is 5.11. The van der Waals surface area contributed by atoms with Gasteiger partial charge < -0.3 is 0 Å². The zero-order chi connectivity index (χ0) is 13.2. The molecule has 3 nitrogen and oxygen atoms in total. The molecule has 0 fully saturated rings. The maximum atomic E-state index is 12.0. The molecular formula is C13H12O3S2. The quantitative estimate of drug-likeness (QED) is 0.809. The number of benzene rings is 1. The molecule has 5 heteroatoms. The van der Waals surface area contributed by atoms with E-state index in [-0.39, 0.29) is 10.7 Å². The molecule has 0 atom stereocenters. The van der Waals surface area contributed by atoms with Gasteiger partial charge in [0.15, 0.2) is 15.6 Å². The average Bonchev–Trinajstić information content (AvgIpc) is 2.77. The van der Waals surface area contributed by atoms with Crippen LogP contribution < -0.4 is 0 Å². The second kappa shape index (κ2) is 5.04. The number of carbonyl (C=O) groups excluding carboxylic acids is 1. The largest absolute Gasteiger partial charge is 0.292 e. The lowest BCUT2D eigenvalue weighted by Crippen LogP contribution is -2.15. The number of ketones is 1. The standard InChI is InChI=1S/C13H12O3S2/c1-10-7-8-13(17-10)12(14)9-18(15,16)11-5-3-2-4-6-11/h2-8H,9H2,1H3. The van der Waals surface area contributed by atoms with Crippen molar-refractivity contribution in [3.63, 3.8) is 0 Å². The Hall–Kier alpha value is -1.46. The van der Waals surface area contributed by atoms with Gasteiger partial charge >= 0.3 is 0 Å². The summed E-state index contributed by atoms with van der Waals surface area (Å²) in [6.45, 7) is 1.88. The number of rotatable bonds is 4. The monoisotopic (exact) mass is 280 g/mol. The van der Waals surface area contributed by atoms with Crippen LogP contribution in [-0.2, 0) is 9.84 Å². The predicted molar refractivity (Wildman–Crippen MR) is 71.9 cm³/mol. The zero-order valence-electron chi connectivity index (χ0n) is 9.79. The maximum Gasteiger partial charge on any atom is 0.188 e. The van der Waals surface area contributed by atoms with Crippen molar-refractivity contribution in [2.45, 2.75) is 11.8 Å². The first-order valence-electron chi connectivity index (χ1n) is 5.36. The molecule has 0 saturated carbocycles. The van der Waals surface area contributed by atoms with E-state index >= 15 is 0 Å². The summed E-state index contributed by atoms with van der Waals surface area (Å²) in [5.41, 5.74) is 0. The predicted octanol–water partition coefficient (Wildman–Crippen LogP) is 2.71. The highest BCUT2D eigenvalue weighted by molar-refractivity contribution is 7.92. The van der Waals surface area contributed by atoms with Gasteiger partial charge in [0, 0.05) is 4.88 Å². The average molecular weight is 280 g/mol. The van der Waals surface area contributed by atoms with Crippen molar-refractivity contribution < 1.29 is 13.2 Å². The van der Waals surface area contributed by atoms with Gasteiger partial charge in [0.25, 0.3) is 0 Å². The first-order valence-corrected chi connectivity index (χ1v) is 7.83. The maximum absolute atomic E-state index is 12.0. The van der Waals surface area contributed by atoms with Crippen molar-refractivity contribution in [1.29, 1.82) is 0 Å². The van der Waals surface area contributed by atoms with Crippen molar-refractivity contribution in [3.05, 3.63) is 52.2 Å². The number of Topliss-reactive ketones (excluding diaryl/α,β-unsaturated/α-hetero) is 1. The van der Waals surface area contributed by atoms with Gasteiger partial charge in [0.2, 0.25) is 0 Å². The topological polar surface area (TPSA) is 51.2 Å². The van der Waals surface area contributed by atoms with Crippen LogP contribution in [0.4, 0.5) is 0 Å². The lowest BCUT2D eigenvalue weighted by Gasteiger charge is -2.02. The highest BCUT2D eigenvalue weighted by Gasteiger charge is 2.20. The third-order valence-electron chi connectivity index (χ3n) is 2.44. The SMILES string of the molecule is Cc1ccc(C(=O)CS(=O)(=O)c2ccccc2)s1. The summed E-state index contributed by atoms with van der Waals surface area (Å²) in [6, 6.07) is 11.5. The second-order valence-corrected chi connectivity index (χ2v) is 7.18. The van der Waals surface area contributed by atoms with E-state index in [0.29, 0.717) is 4.88 Å². The summed E-state index contributed by atoms with van der Waals surface area (Å²) in [4.78, 5) is 13.6. The molecule has 2 rings (SSSR count). The molecule has 0 saturated heterocycles. The molecule has 0 aliphatic heterocycles. The Labute approximate surface area is 110 Å². The molecule has 0 aliphatic rings. The van der Waals surface area contributed by atoms with Crippen molar-refractivity contribution in [1.82, 2.24) is 0 Å². The van der Waals surface area contributed by atoms with Crippen LogP contribution in [0.3, 0.4) is 0 Å². The fraction of sp³-hybridized carbons (Fsp3) is 0.154. The van der Waals surface area contributed by atoms with E-state index < -0.39 is 15.6 Å². The van der Waals surface area contributed by atoms with Crippen molar-refractivity contribution in [2.24, 2.45) is 0 Å². The first kappa shape index (κ1) is 13.0.